The van der Waals surface area contributed by atoms with Crippen LogP contribution in [0.4, 0.5) is 0 Å². The van der Waals surface area contributed by atoms with E-state index >= 15 is 0 Å². The Morgan fingerprint density at radius 1 is 0.364 bits per heavy atom. The fourth-order valence-electron chi connectivity index (χ4n) is 6.68. The van der Waals surface area contributed by atoms with Gasteiger partial charge in [0.25, 0.3) is 0 Å². The zero-order valence-electron chi connectivity index (χ0n) is 23.9. The Hall–Kier alpha value is -5.44. The first-order valence-electron chi connectivity index (χ1n) is 15.0. The molecule has 0 saturated heterocycles. The lowest BCUT2D eigenvalue weighted by Gasteiger charge is -2.09. The van der Waals surface area contributed by atoms with Gasteiger partial charge in [-0.25, -0.2) is 0 Å². The molecule has 206 valence electrons. The Labute approximate surface area is 259 Å². The van der Waals surface area contributed by atoms with Gasteiger partial charge in [-0.3, -0.25) is 0 Å². The van der Waals surface area contributed by atoms with E-state index in [2.05, 4.69) is 168 Å². The van der Waals surface area contributed by atoms with E-state index in [1.165, 1.54) is 81.0 Å². The summed E-state index contributed by atoms with van der Waals surface area (Å²) in [6, 6.07) is 59.6. The van der Waals surface area contributed by atoms with Crippen molar-refractivity contribution in [3.05, 3.63) is 164 Å². The molecule has 2 aromatic heterocycles. The number of rotatable bonds is 4. The summed E-state index contributed by atoms with van der Waals surface area (Å²) in [5.41, 5.74) is 11.1. The molecule has 0 radical (unpaired) electrons. The molecule has 7 aromatic carbocycles. The summed E-state index contributed by atoms with van der Waals surface area (Å²) in [6.45, 7) is 0. The SMILES string of the molecule is c1ccc(-n2c3ccccc3c3cc(-c4ccc(-c5ccc(-c6cccc7c6sc6ccccc67)cc5)cc4)ccc32)cc1. The molecule has 0 atom stereocenters. The van der Waals surface area contributed by atoms with Crippen molar-refractivity contribution in [1.29, 1.82) is 0 Å². The Morgan fingerprint density at radius 3 is 1.70 bits per heavy atom. The number of benzene rings is 7. The van der Waals surface area contributed by atoms with Crippen molar-refractivity contribution in [2.75, 3.05) is 0 Å². The van der Waals surface area contributed by atoms with E-state index in [4.69, 9.17) is 0 Å². The summed E-state index contributed by atoms with van der Waals surface area (Å²) in [7, 11) is 0. The third kappa shape index (κ3) is 4.00. The van der Waals surface area contributed by atoms with Gasteiger partial charge in [0, 0.05) is 36.6 Å². The molecule has 0 saturated carbocycles. The van der Waals surface area contributed by atoms with E-state index in [0.717, 1.165) is 0 Å². The van der Waals surface area contributed by atoms with Gasteiger partial charge in [-0.15, -0.1) is 11.3 Å². The lowest BCUT2D eigenvalue weighted by atomic mass is 9.97. The third-order valence-corrected chi connectivity index (χ3v) is 10.1. The number of thiophene rings is 1. The average Bonchev–Trinajstić information content (AvgIpc) is 3.64. The molecule has 0 fully saturated rings. The first-order chi connectivity index (χ1) is 21.8. The van der Waals surface area contributed by atoms with Gasteiger partial charge in [0.1, 0.15) is 0 Å². The molecule has 0 unspecified atom stereocenters. The highest BCUT2D eigenvalue weighted by Gasteiger charge is 2.14. The van der Waals surface area contributed by atoms with Crippen molar-refractivity contribution in [2.45, 2.75) is 0 Å². The van der Waals surface area contributed by atoms with Gasteiger partial charge in [-0.1, -0.05) is 127 Å². The van der Waals surface area contributed by atoms with Crippen LogP contribution in [0.15, 0.2) is 164 Å². The van der Waals surface area contributed by atoms with E-state index in [1.807, 2.05) is 11.3 Å². The van der Waals surface area contributed by atoms with Crippen molar-refractivity contribution >= 4 is 53.3 Å². The number of nitrogens with zero attached hydrogens (tertiary/aromatic N) is 1. The van der Waals surface area contributed by atoms with Crippen LogP contribution in [0, 0.1) is 0 Å². The Kier molecular flexibility index (Phi) is 5.75. The number of hydrogen-bond donors (Lipinski definition) is 0. The minimum Gasteiger partial charge on any atom is -0.309 e. The molecular formula is C42H27NS. The molecule has 0 amide bonds. The second-order valence-electron chi connectivity index (χ2n) is 11.4. The largest absolute Gasteiger partial charge is 0.309 e. The van der Waals surface area contributed by atoms with Gasteiger partial charge in [0.2, 0.25) is 0 Å². The van der Waals surface area contributed by atoms with Crippen LogP contribution in [0.5, 0.6) is 0 Å². The molecule has 0 aliphatic heterocycles. The third-order valence-electron chi connectivity index (χ3n) is 8.84. The normalized spacial score (nSPS) is 11.6. The summed E-state index contributed by atoms with van der Waals surface area (Å²) in [5, 5.41) is 5.23. The van der Waals surface area contributed by atoms with Gasteiger partial charge < -0.3 is 4.57 Å². The molecule has 2 heterocycles. The average molecular weight is 578 g/mol. The maximum Gasteiger partial charge on any atom is 0.0541 e. The molecule has 0 aliphatic carbocycles. The number of hydrogen-bond acceptors (Lipinski definition) is 1. The molecule has 0 aliphatic rings. The molecule has 0 N–H and O–H groups in total. The Morgan fingerprint density at radius 2 is 0.932 bits per heavy atom. The maximum absolute atomic E-state index is 2.36. The van der Waals surface area contributed by atoms with Crippen molar-refractivity contribution in [1.82, 2.24) is 4.57 Å². The Balaban J connectivity index is 1.05. The number of fused-ring (bicyclic) bond motifs is 6. The fourth-order valence-corrected chi connectivity index (χ4v) is 7.92. The number of para-hydroxylation sites is 2. The molecular weight excluding hydrogens is 551 g/mol. The van der Waals surface area contributed by atoms with E-state index < -0.39 is 0 Å². The van der Waals surface area contributed by atoms with E-state index in [-0.39, 0.29) is 0 Å². The van der Waals surface area contributed by atoms with Gasteiger partial charge in [0.05, 0.1) is 11.0 Å². The highest BCUT2D eigenvalue weighted by atomic mass is 32.1. The zero-order valence-corrected chi connectivity index (χ0v) is 24.8. The van der Waals surface area contributed by atoms with Crippen LogP contribution in [-0.4, -0.2) is 4.57 Å². The molecule has 1 nitrogen and oxygen atoms in total. The smallest absolute Gasteiger partial charge is 0.0541 e. The van der Waals surface area contributed by atoms with Crippen LogP contribution in [-0.2, 0) is 0 Å². The second-order valence-corrected chi connectivity index (χ2v) is 12.4. The van der Waals surface area contributed by atoms with E-state index in [0.29, 0.717) is 0 Å². The quantitative estimate of drug-likeness (QED) is 0.196. The number of aromatic nitrogens is 1. The van der Waals surface area contributed by atoms with Crippen LogP contribution in [0.25, 0.3) is 81.0 Å². The first kappa shape index (κ1) is 25.1. The lowest BCUT2D eigenvalue weighted by Crippen LogP contribution is -1.92. The van der Waals surface area contributed by atoms with Crippen molar-refractivity contribution in [2.24, 2.45) is 0 Å². The van der Waals surface area contributed by atoms with Crippen LogP contribution in [0.1, 0.15) is 0 Å². The Bertz CT molecular complexity index is 2460. The topological polar surface area (TPSA) is 4.93 Å². The first-order valence-corrected chi connectivity index (χ1v) is 15.8. The molecule has 2 heteroatoms. The highest BCUT2D eigenvalue weighted by Crippen LogP contribution is 2.40. The van der Waals surface area contributed by atoms with E-state index in [9.17, 15) is 0 Å². The summed E-state index contributed by atoms with van der Waals surface area (Å²) in [6.07, 6.45) is 0. The van der Waals surface area contributed by atoms with Crippen LogP contribution >= 0.6 is 11.3 Å². The summed E-state index contributed by atoms with van der Waals surface area (Å²) in [4.78, 5) is 0. The van der Waals surface area contributed by atoms with Crippen molar-refractivity contribution in [3.8, 4) is 39.1 Å². The molecule has 9 rings (SSSR count). The van der Waals surface area contributed by atoms with Crippen LogP contribution in [0.2, 0.25) is 0 Å². The minimum atomic E-state index is 1.18. The van der Waals surface area contributed by atoms with Crippen LogP contribution < -0.4 is 0 Å². The molecule has 0 spiro atoms. The zero-order chi connectivity index (χ0) is 29.0. The standard InChI is InChI=1S/C42H27NS/c1-2-9-33(10-3-1)43-39-15-6-4-11-35(39)38-27-32(25-26-40(38)43)30-19-17-28(18-20-30)29-21-23-31(24-22-29)34-13-8-14-37-36-12-5-7-16-41(36)44-42(34)37/h1-27H. The molecule has 44 heavy (non-hydrogen) atoms. The van der Waals surface area contributed by atoms with Gasteiger partial charge in [-0.2, -0.15) is 0 Å². The minimum absolute atomic E-state index is 1.18. The summed E-state index contributed by atoms with van der Waals surface area (Å²) in [5.74, 6) is 0. The fraction of sp³-hybridized carbons (Fsp3) is 0. The molecule has 0 bridgehead atoms. The van der Waals surface area contributed by atoms with Gasteiger partial charge in [-0.05, 0) is 69.8 Å². The monoisotopic (exact) mass is 577 g/mol. The lowest BCUT2D eigenvalue weighted by molar-refractivity contribution is 1.18. The highest BCUT2D eigenvalue weighted by molar-refractivity contribution is 7.26. The maximum atomic E-state index is 2.36. The molecule has 9 aromatic rings. The summed E-state index contributed by atoms with van der Waals surface area (Å²) >= 11 is 1.88. The van der Waals surface area contributed by atoms with Crippen molar-refractivity contribution < 1.29 is 0 Å². The van der Waals surface area contributed by atoms with E-state index in [1.54, 1.807) is 0 Å². The summed E-state index contributed by atoms with van der Waals surface area (Å²) < 4.78 is 5.06. The van der Waals surface area contributed by atoms with Gasteiger partial charge in [0.15, 0.2) is 0 Å². The predicted octanol–water partition coefficient (Wildman–Crippen LogP) is 12.2. The van der Waals surface area contributed by atoms with Crippen LogP contribution in [0.3, 0.4) is 0 Å². The van der Waals surface area contributed by atoms with Gasteiger partial charge >= 0.3 is 0 Å². The van der Waals surface area contributed by atoms with Crippen molar-refractivity contribution in [3.63, 3.8) is 0 Å². The second kappa shape index (κ2) is 10.1. The predicted molar refractivity (Wildman–Crippen MR) is 190 cm³/mol.